The Bertz CT molecular complexity index is 677. The minimum absolute atomic E-state index is 0. The number of imide groups is 1. The van der Waals surface area contributed by atoms with Crippen molar-refractivity contribution in [3.63, 3.8) is 0 Å². The molecule has 1 aromatic rings. The summed E-state index contributed by atoms with van der Waals surface area (Å²) in [6.45, 7) is 0.406. The van der Waals surface area contributed by atoms with Gasteiger partial charge in [0, 0.05) is 11.6 Å². The van der Waals surface area contributed by atoms with Crippen molar-refractivity contribution in [2.24, 2.45) is 0 Å². The molecular formula is C16H18Cl2N2O4S. The van der Waals surface area contributed by atoms with Crippen LogP contribution in [0.5, 0.6) is 0 Å². The summed E-state index contributed by atoms with van der Waals surface area (Å²) in [5, 5.41) is 0.102. The number of nitrogens with zero attached hydrogens (tertiary/aromatic N) is 2. The number of hydrogen-bond donors (Lipinski definition) is 0. The van der Waals surface area contributed by atoms with Crippen LogP contribution in [0, 0.1) is 0 Å². The van der Waals surface area contributed by atoms with Crippen molar-refractivity contribution < 1.29 is 19.1 Å². The Morgan fingerprint density at radius 3 is 2.52 bits per heavy atom. The Balaban J connectivity index is 0.00000312. The molecule has 0 bridgehead atoms. The molecule has 0 unspecified atom stereocenters. The second-order valence-electron chi connectivity index (χ2n) is 5.34. The fourth-order valence-electron chi connectivity index (χ4n) is 1.86. The molecule has 136 valence electrons. The van der Waals surface area contributed by atoms with Crippen LogP contribution in [-0.4, -0.2) is 60.7 Å². The van der Waals surface area contributed by atoms with E-state index in [4.69, 9.17) is 16.3 Å². The molecule has 6 nitrogen and oxygen atoms in total. The average molecular weight is 405 g/mol. The molecule has 1 aromatic carbocycles. The van der Waals surface area contributed by atoms with Gasteiger partial charge in [0.05, 0.1) is 4.91 Å². The van der Waals surface area contributed by atoms with Crippen LogP contribution in [0.1, 0.15) is 5.56 Å². The van der Waals surface area contributed by atoms with E-state index in [1.807, 2.05) is 19.0 Å². The van der Waals surface area contributed by atoms with Gasteiger partial charge in [-0.15, -0.1) is 12.4 Å². The molecule has 1 fully saturated rings. The Morgan fingerprint density at radius 2 is 1.92 bits per heavy atom. The van der Waals surface area contributed by atoms with Gasteiger partial charge in [0.15, 0.2) is 0 Å². The van der Waals surface area contributed by atoms with Crippen molar-refractivity contribution in [1.82, 2.24) is 9.80 Å². The van der Waals surface area contributed by atoms with Crippen molar-refractivity contribution in [1.29, 1.82) is 0 Å². The van der Waals surface area contributed by atoms with Gasteiger partial charge in [0.25, 0.3) is 11.1 Å². The lowest BCUT2D eigenvalue weighted by Gasteiger charge is -2.13. The molecule has 0 radical (unpaired) electrons. The number of thioether (sulfide) groups is 1. The topological polar surface area (TPSA) is 66.9 Å². The van der Waals surface area contributed by atoms with Crippen LogP contribution in [0.4, 0.5) is 4.79 Å². The maximum Gasteiger partial charge on any atom is 0.326 e. The SMILES string of the molecule is CN(C)CCOC(=O)CN1C(=O)S/C(=C/c2ccc(Cl)cc2)C1=O.Cl. The van der Waals surface area contributed by atoms with Crippen molar-refractivity contribution in [3.8, 4) is 0 Å². The molecule has 2 amide bonds. The highest BCUT2D eigenvalue weighted by Crippen LogP contribution is 2.32. The minimum atomic E-state index is -0.605. The molecule has 0 saturated carbocycles. The van der Waals surface area contributed by atoms with Crippen LogP contribution >= 0.6 is 35.8 Å². The minimum Gasteiger partial charge on any atom is -0.463 e. The van der Waals surface area contributed by atoms with E-state index in [0.29, 0.717) is 11.6 Å². The van der Waals surface area contributed by atoms with E-state index < -0.39 is 17.1 Å². The predicted octanol–water partition coefficient (Wildman–Crippen LogP) is 2.90. The molecule has 2 rings (SSSR count). The summed E-state index contributed by atoms with van der Waals surface area (Å²) >= 11 is 6.61. The highest BCUT2D eigenvalue weighted by molar-refractivity contribution is 8.18. The summed E-state index contributed by atoms with van der Waals surface area (Å²) in [6, 6.07) is 6.87. The number of rotatable bonds is 6. The molecule has 0 aromatic heterocycles. The average Bonchev–Trinajstić information content (AvgIpc) is 2.77. The first-order valence-corrected chi connectivity index (χ1v) is 8.37. The van der Waals surface area contributed by atoms with Crippen molar-refractivity contribution >= 4 is 59.0 Å². The highest BCUT2D eigenvalue weighted by Gasteiger charge is 2.36. The first-order chi connectivity index (χ1) is 11.4. The maximum atomic E-state index is 12.3. The van der Waals surface area contributed by atoms with Crippen LogP contribution in [-0.2, 0) is 14.3 Å². The van der Waals surface area contributed by atoms with Gasteiger partial charge in [-0.05, 0) is 49.6 Å². The molecular weight excluding hydrogens is 387 g/mol. The standard InChI is InChI=1S/C16H17ClN2O4S.ClH/c1-18(2)7-8-23-14(20)10-19-15(21)13(24-16(19)22)9-11-3-5-12(17)6-4-11;/h3-6,9H,7-8,10H2,1-2H3;1H/b13-9+;. The van der Waals surface area contributed by atoms with Gasteiger partial charge in [-0.1, -0.05) is 23.7 Å². The van der Waals surface area contributed by atoms with Crippen LogP contribution in [0.25, 0.3) is 6.08 Å². The van der Waals surface area contributed by atoms with Crippen molar-refractivity contribution in [2.75, 3.05) is 33.8 Å². The van der Waals surface area contributed by atoms with Crippen LogP contribution < -0.4 is 0 Å². The molecule has 25 heavy (non-hydrogen) atoms. The molecule has 0 aliphatic carbocycles. The first kappa shape index (κ1) is 21.5. The largest absolute Gasteiger partial charge is 0.463 e. The van der Waals surface area contributed by atoms with Crippen LogP contribution in [0.15, 0.2) is 29.2 Å². The quantitative estimate of drug-likeness (QED) is 0.536. The fourth-order valence-corrected chi connectivity index (χ4v) is 2.83. The normalized spacial score (nSPS) is 15.7. The van der Waals surface area contributed by atoms with Crippen molar-refractivity contribution in [3.05, 3.63) is 39.8 Å². The van der Waals surface area contributed by atoms with E-state index in [9.17, 15) is 14.4 Å². The molecule has 1 aliphatic heterocycles. The number of likely N-dealkylation sites (N-methyl/N-ethyl adjacent to an activating group) is 1. The summed E-state index contributed by atoms with van der Waals surface area (Å²) in [5.41, 5.74) is 0.749. The number of ether oxygens (including phenoxy) is 1. The zero-order valence-corrected chi connectivity index (χ0v) is 16.1. The Hall–Kier alpha value is -1.54. The monoisotopic (exact) mass is 404 g/mol. The van der Waals surface area contributed by atoms with Gasteiger partial charge in [-0.25, -0.2) is 0 Å². The van der Waals surface area contributed by atoms with E-state index >= 15 is 0 Å². The van der Waals surface area contributed by atoms with Crippen LogP contribution in [0.3, 0.4) is 0 Å². The van der Waals surface area contributed by atoms with Crippen molar-refractivity contribution in [2.45, 2.75) is 0 Å². The van der Waals surface area contributed by atoms with Gasteiger partial charge >= 0.3 is 5.97 Å². The molecule has 0 atom stereocenters. The molecule has 1 heterocycles. The lowest BCUT2D eigenvalue weighted by atomic mass is 10.2. The number of carbonyl (C=O) groups excluding carboxylic acids is 3. The Morgan fingerprint density at radius 1 is 1.28 bits per heavy atom. The lowest BCUT2D eigenvalue weighted by Crippen LogP contribution is -2.35. The summed E-state index contributed by atoms with van der Waals surface area (Å²) < 4.78 is 5.01. The number of carbonyl (C=O) groups is 3. The lowest BCUT2D eigenvalue weighted by molar-refractivity contribution is -0.146. The molecule has 0 N–H and O–H groups in total. The molecule has 1 saturated heterocycles. The summed E-state index contributed by atoms with van der Waals surface area (Å²) in [6.07, 6.45) is 1.60. The summed E-state index contributed by atoms with van der Waals surface area (Å²) in [7, 11) is 3.71. The van der Waals surface area contributed by atoms with Crippen LogP contribution in [0.2, 0.25) is 5.02 Å². The van der Waals surface area contributed by atoms with Gasteiger partial charge in [0.2, 0.25) is 0 Å². The third-order valence-electron chi connectivity index (χ3n) is 3.13. The first-order valence-electron chi connectivity index (χ1n) is 7.18. The fraction of sp³-hybridized carbons (Fsp3) is 0.312. The van der Waals surface area contributed by atoms with Gasteiger partial charge < -0.3 is 9.64 Å². The molecule has 0 spiro atoms. The summed E-state index contributed by atoms with van der Waals surface area (Å²) in [5.74, 6) is -1.10. The number of hydrogen-bond acceptors (Lipinski definition) is 6. The zero-order valence-electron chi connectivity index (χ0n) is 13.7. The Labute approximate surface area is 161 Å². The maximum absolute atomic E-state index is 12.3. The third kappa shape index (κ3) is 6.36. The number of esters is 1. The van der Waals surface area contributed by atoms with Gasteiger partial charge in [-0.3, -0.25) is 19.3 Å². The van der Waals surface area contributed by atoms with Gasteiger partial charge in [0.1, 0.15) is 13.2 Å². The second kappa shape index (κ2) is 9.82. The molecule has 9 heteroatoms. The van der Waals surface area contributed by atoms with E-state index in [2.05, 4.69) is 0 Å². The molecule has 1 aliphatic rings. The second-order valence-corrected chi connectivity index (χ2v) is 6.77. The summed E-state index contributed by atoms with van der Waals surface area (Å²) in [4.78, 5) is 39.0. The predicted molar refractivity (Wildman–Crippen MR) is 101 cm³/mol. The zero-order chi connectivity index (χ0) is 17.7. The van der Waals surface area contributed by atoms with E-state index in [0.717, 1.165) is 22.2 Å². The number of amides is 2. The number of halogens is 2. The van der Waals surface area contributed by atoms with E-state index in [-0.39, 0.29) is 30.5 Å². The highest BCUT2D eigenvalue weighted by atomic mass is 35.5. The smallest absolute Gasteiger partial charge is 0.326 e. The van der Waals surface area contributed by atoms with E-state index in [1.165, 1.54) is 0 Å². The number of benzene rings is 1. The van der Waals surface area contributed by atoms with Gasteiger partial charge in [-0.2, -0.15) is 0 Å². The Kier molecular flexibility index (Phi) is 8.44. The third-order valence-corrected chi connectivity index (χ3v) is 4.29. The van der Waals surface area contributed by atoms with E-state index in [1.54, 1.807) is 30.3 Å².